The second kappa shape index (κ2) is 5.14. The number of benzene rings is 1. The lowest BCUT2D eigenvalue weighted by Gasteiger charge is -2.05. The lowest BCUT2D eigenvalue weighted by Crippen LogP contribution is -2.00. The van der Waals surface area contributed by atoms with Crippen LogP contribution in [-0.4, -0.2) is 15.2 Å². The lowest BCUT2D eigenvalue weighted by atomic mass is 10.1. The van der Waals surface area contributed by atoms with Gasteiger partial charge in [-0.1, -0.05) is 36.0 Å². The van der Waals surface area contributed by atoms with Crippen molar-refractivity contribution in [1.29, 1.82) is 0 Å². The number of nitrogens with two attached hydrogens (primary N) is 1. The van der Waals surface area contributed by atoms with Crippen molar-refractivity contribution >= 4 is 11.8 Å². The number of nitrogens with zero attached hydrogens (tertiary/aromatic N) is 2. The van der Waals surface area contributed by atoms with Crippen LogP contribution in [0.1, 0.15) is 17.0 Å². The zero-order valence-electron chi connectivity index (χ0n) is 9.10. The van der Waals surface area contributed by atoms with Gasteiger partial charge in [-0.15, -0.1) is 5.10 Å². The van der Waals surface area contributed by atoms with Crippen molar-refractivity contribution in [3.8, 4) is 0 Å². The number of H-pyrrole nitrogens is 1. The Morgan fingerprint density at radius 3 is 2.69 bits per heavy atom. The van der Waals surface area contributed by atoms with Crippen LogP contribution in [0.25, 0.3) is 0 Å². The summed E-state index contributed by atoms with van der Waals surface area (Å²) < 4.78 is 0. The number of rotatable bonds is 4. The molecule has 84 valence electrons. The van der Waals surface area contributed by atoms with Crippen molar-refractivity contribution < 1.29 is 0 Å². The van der Waals surface area contributed by atoms with Crippen LogP contribution in [0.5, 0.6) is 0 Å². The van der Waals surface area contributed by atoms with Gasteiger partial charge in [0, 0.05) is 12.3 Å². The lowest BCUT2D eigenvalue weighted by molar-refractivity contribution is 0.967. The molecule has 2 aromatic rings. The molecule has 4 nitrogen and oxygen atoms in total. The molecule has 0 unspecified atom stereocenters. The molecule has 1 aromatic heterocycles. The highest BCUT2D eigenvalue weighted by molar-refractivity contribution is 7.98. The predicted molar refractivity (Wildman–Crippen MR) is 65.0 cm³/mol. The fraction of sp³-hybridized carbons (Fsp3) is 0.273. The van der Waals surface area contributed by atoms with E-state index in [1.54, 1.807) is 11.8 Å². The van der Waals surface area contributed by atoms with Crippen molar-refractivity contribution in [3.63, 3.8) is 0 Å². The molecule has 1 aromatic carbocycles. The van der Waals surface area contributed by atoms with E-state index in [2.05, 4.69) is 27.3 Å². The Morgan fingerprint density at radius 2 is 2.06 bits per heavy atom. The summed E-state index contributed by atoms with van der Waals surface area (Å²) >= 11 is 1.61. The van der Waals surface area contributed by atoms with Gasteiger partial charge in [-0.05, 0) is 18.1 Å². The van der Waals surface area contributed by atoms with E-state index in [-0.39, 0.29) is 0 Å². The van der Waals surface area contributed by atoms with E-state index in [9.17, 15) is 0 Å². The Morgan fingerprint density at radius 1 is 1.31 bits per heavy atom. The van der Waals surface area contributed by atoms with E-state index in [0.29, 0.717) is 6.54 Å². The van der Waals surface area contributed by atoms with Gasteiger partial charge in [-0.25, -0.2) is 4.98 Å². The zero-order valence-corrected chi connectivity index (χ0v) is 9.92. The summed E-state index contributed by atoms with van der Waals surface area (Å²) in [5.74, 6) is 1.69. The third-order valence-electron chi connectivity index (χ3n) is 2.27. The van der Waals surface area contributed by atoms with E-state index in [0.717, 1.165) is 16.7 Å². The quantitative estimate of drug-likeness (QED) is 0.792. The minimum atomic E-state index is 0.573. The molecule has 2 rings (SSSR count). The van der Waals surface area contributed by atoms with Gasteiger partial charge < -0.3 is 5.73 Å². The highest BCUT2D eigenvalue weighted by atomic mass is 32.2. The molecule has 5 heteroatoms. The summed E-state index contributed by atoms with van der Waals surface area (Å²) in [6.45, 7) is 2.47. The second-order valence-electron chi connectivity index (χ2n) is 3.46. The Bertz CT molecular complexity index is 467. The molecular formula is C11H14N4S. The number of nitrogens with one attached hydrogen (secondary N) is 1. The van der Waals surface area contributed by atoms with Gasteiger partial charge in [0.25, 0.3) is 0 Å². The summed E-state index contributed by atoms with van der Waals surface area (Å²) in [7, 11) is 0. The predicted octanol–water partition coefficient (Wildman–Crippen LogP) is 1.86. The Hall–Kier alpha value is -1.33. The molecule has 3 N–H and O–H groups in total. The van der Waals surface area contributed by atoms with Crippen LogP contribution in [0.2, 0.25) is 0 Å². The van der Waals surface area contributed by atoms with Gasteiger partial charge in [0.05, 0.1) is 0 Å². The molecular weight excluding hydrogens is 220 g/mol. The number of aromatic nitrogens is 3. The van der Waals surface area contributed by atoms with Crippen LogP contribution in [-0.2, 0) is 12.3 Å². The van der Waals surface area contributed by atoms with Gasteiger partial charge in [0.15, 0.2) is 0 Å². The molecule has 0 aliphatic carbocycles. The molecule has 1 heterocycles. The molecule has 0 fully saturated rings. The highest BCUT2D eigenvalue weighted by Crippen LogP contribution is 2.21. The topological polar surface area (TPSA) is 67.6 Å². The van der Waals surface area contributed by atoms with Gasteiger partial charge in [-0.3, -0.25) is 5.10 Å². The Kier molecular flexibility index (Phi) is 3.58. The first-order valence-electron chi connectivity index (χ1n) is 5.08. The van der Waals surface area contributed by atoms with Crippen molar-refractivity contribution in [3.05, 3.63) is 41.2 Å². The molecule has 0 radical (unpaired) electrons. The first kappa shape index (κ1) is 11.2. The second-order valence-corrected chi connectivity index (χ2v) is 4.41. The van der Waals surface area contributed by atoms with E-state index >= 15 is 0 Å². The zero-order chi connectivity index (χ0) is 11.4. The molecule has 0 amide bonds. The van der Waals surface area contributed by atoms with Crippen molar-refractivity contribution in [2.75, 3.05) is 0 Å². The maximum Gasteiger partial charge on any atom is 0.208 e. The van der Waals surface area contributed by atoms with Crippen LogP contribution in [0.3, 0.4) is 0 Å². The fourth-order valence-electron chi connectivity index (χ4n) is 1.43. The van der Waals surface area contributed by atoms with E-state index in [1.807, 2.05) is 19.1 Å². The van der Waals surface area contributed by atoms with Crippen LogP contribution in [0, 0.1) is 6.92 Å². The largest absolute Gasteiger partial charge is 0.326 e. The standard InChI is InChI=1S/C11H14N4S/c1-8-13-11(15-14-8)16-7-10-5-3-2-4-9(10)6-12/h2-5H,6-7,12H2,1H3,(H,13,14,15). The number of hydrogen-bond donors (Lipinski definition) is 2. The van der Waals surface area contributed by atoms with Crippen molar-refractivity contribution in [2.24, 2.45) is 5.73 Å². The summed E-state index contributed by atoms with van der Waals surface area (Å²) in [5, 5.41) is 7.69. The number of aromatic amines is 1. The monoisotopic (exact) mass is 234 g/mol. The molecule has 0 aliphatic rings. The van der Waals surface area contributed by atoms with E-state index < -0.39 is 0 Å². The van der Waals surface area contributed by atoms with Crippen LogP contribution in [0.15, 0.2) is 29.4 Å². The van der Waals surface area contributed by atoms with Gasteiger partial charge in [0.2, 0.25) is 5.16 Å². The Labute approximate surface area is 98.7 Å². The summed E-state index contributed by atoms with van der Waals surface area (Å²) in [5.41, 5.74) is 8.11. The minimum Gasteiger partial charge on any atom is -0.326 e. The SMILES string of the molecule is Cc1nc(SCc2ccccc2CN)n[nH]1. The first-order valence-corrected chi connectivity index (χ1v) is 6.07. The van der Waals surface area contributed by atoms with E-state index in [4.69, 9.17) is 5.73 Å². The summed E-state index contributed by atoms with van der Waals surface area (Å²) in [6.07, 6.45) is 0. The minimum absolute atomic E-state index is 0.573. The Balaban J connectivity index is 2.04. The normalized spacial score (nSPS) is 10.6. The van der Waals surface area contributed by atoms with Crippen molar-refractivity contribution in [2.45, 2.75) is 24.4 Å². The molecule has 0 saturated carbocycles. The molecule has 0 atom stereocenters. The highest BCUT2D eigenvalue weighted by Gasteiger charge is 2.04. The first-order chi connectivity index (χ1) is 7.79. The third-order valence-corrected chi connectivity index (χ3v) is 3.17. The number of thioether (sulfide) groups is 1. The number of aryl methyl sites for hydroxylation is 1. The molecule has 16 heavy (non-hydrogen) atoms. The van der Waals surface area contributed by atoms with Gasteiger partial charge >= 0.3 is 0 Å². The third kappa shape index (κ3) is 2.62. The molecule has 0 spiro atoms. The van der Waals surface area contributed by atoms with Gasteiger partial charge in [0.1, 0.15) is 5.82 Å². The maximum atomic E-state index is 5.68. The fourth-order valence-corrected chi connectivity index (χ4v) is 2.30. The summed E-state index contributed by atoms with van der Waals surface area (Å²) in [6, 6.07) is 8.18. The average molecular weight is 234 g/mol. The van der Waals surface area contributed by atoms with Gasteiger partial charge in [-0.2, -0.15) is 0 Å². The van der Waals surface area contributed by atoms with Crippen LogP contribution in [0.4, 0.5) is 0 Å². The van der Waals surface area contributed by atoms with Crippen molar-refractivity contribution in [1.82, 2.24) is 15.2 Å². The summed E-state index contributed by atoms with van der Waals surface area (Å²) in [4.78, 5) is 4.25. The maximum absolute atomic E-state index is 5.68. The van der Waals surface area contributed by atoms with Crippen LogP contribution < -0.4 is 5.73 Å². The number of hydrogen-bond acceptors (Lipinski definition) is 4. The smallest absolute Gasteiger partial charge is 0.208 e. The average Bonchev–Trinajstić information content (AvgIpc) is 2.73. The molecule has 0 bridgehead atoms. The van der Waals surface area contributed by atoms with Crippen LogP contribution >= 0.6 is 11.8 Å². The van der Waals surface area contributed by atoms with E-state index in [1.165, 1.54) is 11.1 Å². The molecule has 0 saturated heterocycles. The molecule has 0 aliphatic heterocycles.